The van der Waals surface area contributed by atoms with Crippen molar-refractivity contribution >= 4 is 39.8 Å². The molecule has 0 aromatic heterocycles. The molecule has 2 rings (SSSR count). The van der Waals surface area contributed by atoms with E-state index in [1.165, 1.54) is 12.1 Å². The lowest BCUT2D eigenvalue weighted by molar-refractivity contribution is 0.500. The number of hydrogen-bond donors (Lipinski definition) is 2. The highest BCUT2D eigenvalue weighted by Gasteiger charge is 2.29. The molecule has 1 aromatic rings. The quantitative estimate of drug-likeness (QED) is 0.403. The molecule has 1 aliphatic heterocycles. The summed E-state index contributed by atoms with van der Waals surface area (Å²) in [4.78, 5) is 4.14. The van der Waals surface area contributed by atoms with Crippen LogP contribution in [0.5, 0.6) is 0 Å². The van der Waals surface area contributed by atoms with Crippen LogP contribution in [0.3, 0.4) is 0 Å². The molecule has 1 aliphatic rings. The van der Waals surface area contributed by atoms with Crippen molar-refractivity contribution in [3.05, 3.63) is 35.6 Å². The van der Waals surface area contributed by atoms with Crippen molar-refractivity contribution in [2.75, 3.05) is 25.1 Å². The minimum Gasteiger partial charge on any atom is -0.356 e. The van der Waals surface area contributed by atoms with Crippen LogP contribution < -0.4 is 10.6 Å². The van der Waals surface area contributed by atoms with Gasteiger partial charge in [0, 0.05) is 25.0 Å². The molecule has 5 nitrogen and oxygen atoms in total. The summed E-state index contributed by atoms with van der Waals surface area (Å²) in [6.07, 6.45) is 0.594. The van der Waals surface area contributed by atoms with Crippen LogP contribution in [0.25, 0.3) is 0 Å². The summed E-state index contributed by atoms with van der Waals surface area (Å²) in [5, 5.41) is 6.35. The predicted octanol–water partition coefficient (Wildman–Crippen LogP) is 2.07. The zero-order valence-electron chi connectivity index (χ0n) is 14.2. The summed E-state index contributed by atoms with van der Waals surface area (Å²) in [5.74, 6) is 0.670. The van der Waals surface area contributed by atoms with E-state index in [0.717, 1.165) is 5.56 Å². The molecule has 1 heterocycles. The molecule has 0 amide bonds. The molecule has 0 spiro atoms. The Morgan fingerprint density at radius 2 is 2.12 bits per heavy atom. The number of sulfone groups is 1. The van der Waals surface area contributed by atoms with Crippen LogP contribution in [0.1, 0.15) is 25.8 Å². The summed E-state index contributed by atoms with van der Waals surface area (Å²) in [5.41, 5.74) is 0.602. The van der Waals surface area contributed by atoms with E-state index in [4.69, 9.17) is 0 Å². The Morgan fingerprint density at radius 3 is 2.67 bits per heavy atom. The second-order valence-electron chi connectivity index (χ2n) is 6.56. The van der Waals surface area contributed by atoms with Crippen molar-refractivity contribution in [2.45, 2.75) is 31.7 Å². The average molecular weight is 469 g/mol. The molecule has 0 aliphatic carbocycles. The smallest absolute Gasteiger partial charge is 0.191 e. The van der Waals surface area contributed by atoms with Crippen LogP contribution in [-0.4, -0.2) is 45.5 Å². The van der Waals surface area contributed by atoms with Crippen LogP contribution in [0.15, 0.2) is 29.3 Å². The molecule has 8 heteroatoms. The van der Waals surface area contributed by atoms with E-state index in [1.807, 2.05) is 19.9 Å². The molecule has 1 saturated heterocycles. The molecule has 2 N–H and O–H groups in total. The summed E-state index contributed by atoms with van der Waals surface area (Å²) in [6.45, 7) is 4.58. The molecule has 1 aromatic carbocycles. The number of aliphatic imine (C=N–C) groups is 1. The Bertz CT molecular complexity index is 692. The first kappa shape index (κ1) is 21.1. The van der Waals surface area contributed by atoms with Crippen LogP contribution in [0.2, 0.25) is 0 Å². The van der Waals surface area contributed by atoms with Crippen molar-refractivity contribution in [3.8, 4) is 0 Å². The maximum absolute atomic E-state index is 13.4. The Kier molecular flexibility index (Phi) is 7.45. The number of guanidine groups is 1. The van der Waals surface area contributed by atoms with E-state index < -0.39 is 9.84 Å². The highest BCUT2D eigenvalue weighted by molar-refractivity contribution is 14.0. The maximum Gasteiger partial charge on any atom is 0.191 e. The third-order valence-electron chi connectivity index (χ3n) is 4.10. The Hall–Kier alpha value is -0.900. The van der Waals surface area contributed by atoms with Gasteiger partial charge in [-0.15, -0.1) is 24.0 Å². The Labute approximate surface area is 160 Å². The second-order valence-corrected chi connectivity index (χ2v) is 8.79. The number of hydrogen-bond acceptors (Lipinski definition) is 3. The molecule has 1 atom stereocenters. The van der Waals surface area contributed by atoms with Crippen LogP contribution in [0, 0.1) is 5.82 Å². The van der Waals surface area contributed by atoms with Gasteiger partial charge in [-0.25, -0.2) is 12.8 Å². The average Bonchev–Trinajstić information content (AvgIpc) is 2.82. The molecule has 0 saturated carbocycles. The third-order valence-corrected chi connectivity index (χ3v) is 5.87. The number of nitrogens with one attached hydrogen (secondary N) is 2. The van der Waals surface area contributed by atoms with Crippen LogP contribution >= 0.6 is 24.0 Å². The summed E-state index contributed by atoms with van der Waals surface area (Å²) < 4.78 is 36.4. The van der Waals surface area contributed by atoms with Gasteiger partial charge in [-0.1, -0.05) is 26.0 Å². The van der Waals surface area contributed by atoms with Gasteiger partial charge in [0.15, 0.2) is 15.8 Å². The summed E-state index contributed by atoms with van der Waals surface area (Å²) in [6, 6.07) is 6.44. The van der Waals surface area contributed by atoms with Crippen molar-refractivity contribution in [1.29, 1.82) is 0 Å². The minimum absolute atomic E-state index is 0. The van der Waals surface area contributed by atoms with Crippen molar-refractivity contribution in [2.24, 2.45) is 4.99 Å². The van der Waals surface area contributed by atoms with E-state index in [-0.39, 0.29) is 52.8 Å². The van der Waals surface area contributed by atoms with E-state index in [0.29, 0.717) is 18.9 Å². The Balaban J connectivity index is 0.00000288. The molecule has 0 bridgehead atoms. The predicted molar refractivity (Wildman–Crippen MR) is 106 cm³/mol. The highest BCUT2D eigenvalue weighted by atomic mass is 127. The molecule has 1 unspecified atom stereocenters. The van der Waals surface area contributed by atoms with Gasteiger partial charge in [0.05, 0.1) is 11.5 Å². The van der Waals surface area contributed by atoms with E-state index in [9.17, 15) is 12.8 Å². The molecule has 1 fully saturated rings. The SMILES string of the molecule is CN=C(NCC(C)(C)c1cccc(F)c1)NC1CCS(=O)(=O)C1.I. The van der Waals surface area contributed by atoms with Gasteiger partial charge in [0.2, 0.25) is 0 Å². The fourth-order valence-electron chi connectivity index (χ4n) is 2.61. The number of nitrogens with zero attached hydrogens (tertiary/aromatic N) is 1. The topological polar surface area (TPSA) is 70.6 Å². The van der Waals surface area contributed by atoms with E-state index in [2.05, 4.69) is 15.6 Å². The van der Waals surface area contributed by atoms with Gasteiger partial charge in [-0.05, 0) is 24.1 Å². The number of benzene rings is 1. The Morgan fingerprint density at radius 1 is 1.42 bits per heavy atom. The standard InChI is InChI=1S/C16H24FN3O2S.HI/c1-16(2,12-5-4-6-13(17)9-12)11-19-15(18-3)20-14-7-8-23(21,22)10-14;/h4-6,9,14H,7-8,10-11H2,1-3H3,(H2,18,19,20);1H. The van der Waals surface area contributed by atoms with Crippen molar-refractivity contribution in [3.63, 3.8) is 0 Å². The van der Waals surface area contributed by atoms with Crippen molar-refractivity contribution in [1.82, 2.24) is 10.6 Å². The van der Waals surface area contributed by atoms with Gasteiger partial charge in [0.1, 0.15) is 5.82 Å². The van der Waals surface area contributed by atoms with Crippen LogP contribution in [0.4, 0.5) is 4.39 Å². The number of rotatable bonds is 4. The fraction of sp³-hybridized carbons (Fsp3) is 0.562. The van der Waals surface area contributed by atoms with Gasteiger partial charge in [-0.3, -0.25) is 4.99 Å². The van der Waals surface area contributed by atoms with E-state index in [1.54, 1.807) is 13.1 Å². The van der Waals surface area contributed by atoms with E-state index >= 15 is 0 Å². The van der Waals surface area contributed by atoms with Gasteiger partial charge in [0.25, 0.3) is 0 Å². The van der Waals surface area contributed by atoms with Crippen molar-refractivity contribution < 1.29 is 12.8 Å². The number of halogens is 2. The second kappa shape index (κ2) is 8.46. The van der Waals surface area contributed by atoms with Gasteiger partial charge < -0.3 is 10.6 Å². The van der Waals surface area contributed by atoms with Gasteiger partial charge >= 0.3 is 0 Å². The third kappa shape index (κ3) is 5.87. The lowest BCUT2D eigenvalue weighted by Gasteiger charge is -2.27. The zero-order chi connectivity index (χ0) is 17.1. The lowest BCUT2D eigenvalue weighted by Crippen LogP contribution is -2.47. The minimum atomic E-state index is -2.93. The normalized spacial score (nSPS) is 20.3. The zero-order valence-corrected chi connectivity index (χ0v) is 17.3. The summed E-state index contributed by atoms with van der Waals surface area (Å²) in [7, 11) is -1.28. The summed E-state index contributed by atoms with van der Waals surface area (Å²) >= 11 is 0. The first-order valence-electron chi connectivity index (χ1n) is 7.65. The molecule has 136 valence electrons. The monoisotopic (exact) mass is 469 g/mol. The molecular weight excluding hydrogens is 444 g/mol. The molecule has 0 radical (unpaired) electrons. The molecular formula is C16H25FIN3O2S. The maximum atomic E-state index is 13.4. The molecule has 24 heavy (non-hydrogen) atoms. The largest absolute Gasteiger partial charge is 0.356 e. The fourth-order valence-corrected chi connectivity index (χ4v) is 4.29. The van der Waals surface area contributed by atoms with Gasteiger partial charge in [-0.2, -0.15) is 0 Å². The lowest BCUT2D eigenvalue weighted by atomic mass is 9.84. The first-order chi connectivity index (χ1) is 10.7. The highest BCUT2D eigenvalue weighted by Crippen LogP contribution is 2.22. The first-order valence-corrected chi connectivity index (χ1v) is 9.48. The van der Waals surface area contributed by atoms with Crippen LogP contribution in [-0.2, 0) is 15.3 Å².